The Morgan fingerprint density at radius 1 is 1.26 bits per heavy atom. The highest BCUT2D eigenvalue weighted by molar-refractivity contribution is 8.17. The van der Waals surface area contributed by atoms with Gasteiger partial charge in [-0.1, -0.05) is 49.2 Å². The monoisotopic (exact) mass is 350 g/mol. The van der Waals surface area contributed by atoms with Crippen LogP contribution in [0.4, 0.5) is 0 Å². The van der Waals surface area contributed by atoms with Crippen molar-refractivity contribution in [2.45, 2.75) is 63.5 Å². The molecule has 0 aromatic rings. The molecule has 23 heavy (non-hydrogen) atoms. The topological polar surface area (TPSA) is 40.0 Å². The number of aliphatic imine (C=N–C) groups is 2. The minimum Gasteiger partial charge on any atom is -0.362 e. The first-order chi connectivity index (χ1) is 11.4. The highest BCUT2D eigenvalue weighted by atomic mass is 32.2. The molecule has 126 valence electrons. The minimum atomic E-state index is 0.558. The van der Waals surface area contributed by atoms with E-state index in [4.69, 9.17) is 4.99 Å². The second-order valence-corrected chi connectivity index (χ2v) is 8.63. The lowest BCUT2D eigenvalue weighted by Crippen LogP contribution is -2.32. The number of hydrogen-bond donors (Lipinski definition) is 1. The zero-order valence-electron chi connectivity index (χ0n) is 13.7. The molecule has 2 heterocycles. The lowest BCUT2D eigenvalue weighted by molar-refractivity contribution is 0.579. The van der Waals surface area contributed by atoms with Crippen LogP contribution in [-0.2, 0) is 0 Å². The van der Waals surface area contributed by atoms with Gasteiger partial charge in [0.25, 0.3) is 0 Å². The Morgan fingerprint density at radius 2 is 2.04 bits per heavy atom. The number of fused-ring (bicyclic) bond motifs is 1. The van der Waals surface area contributed by atoms with Gasteiger partial charge in [-0.05, 0) is 31.1 Å². The van der Waals surface area contributed by atoms with Gasteiger partial charge >= 0.3 is 0 Å². The van der Waals surface area contributed by atoms with E-state index in [1.807, 2.05) is 11.8 Å². The standard InChI is InChI=1S/C17H26N4S2/c1-2-6-13(5-1)19-16(20-14-7-3-4-8-14)22-11-15-12-23-17-18-9-10-21(15)17/h12-14H,1-11H2,(H,19,20). The first kappa shape index (κ1) is 15.9. The summed E-state index contributed by atoms with van der Waals surface area (Å²) >= 11 is 3.68. The van der Waals surface area contributed by atoms with Crippen LogP contribution in [0, 0.1) is 0 Å². The zero-order chi connectivity index (χ0) is 15.5. The Kier molecular flexibility index (Phi) is 5.19. The van der Waals surface area contributed by atoms with Crippen molar-refractivity contribution in [3.8, 4) is 0 Å². The highest BCUT2D eigenvalue weighted by Gasteiger charge is 2.27. The average Bonchev–Trinajstić information content (AvgIpc) is 3.31. The van der Waals surface area contributed by atoms with Gasteiger partial charge in [-0.25, -0.2) is 0 Å². The Morgan fingerprint density at radius 3 is 2.87 bits per heavy atom. The molecular formula is C17H26N4S2. The van der Waals surface area contributed by atoms with Gasteiger partial charge in [0, 0.05) is 24.0 Å². The third-order valence-corrected chi connectivity index (χ3v) is 7.00. The molecule has 4 rings (SSSR count). The van der Waals surface area contributed by atoms with E-state index in [0.717, 1.165) is 18.8 Å². The molecule has 0 spiro atoms. The molecule has 2 aliphatic carbocycles. The zero-order valence-corrected chi connectivity index (χ0v) is 15.3. The summed E-state index contributed by atoms with van der Waals surface area (Å²) in [6.07, 6.45) is 10.6. The molecule has 2 fully saturated rings. The van der Waals surface area contributed by atoms with Crippen LogP contribution in [-0.4, -0.2) is 46.2 Å². The summed E-state index contributed by atoms with van der Waals surface area (Å²) in [5.74, 6) is 1.01. The molecule has 0 aromatic carbocycles. The van der Waals surface area contributed by atoms with E-state index in [2.05, 4.69) is 20.6 Å². The van der Waals surface area contributed by atoms with Crippen LogP contribution >= 0.6 is 23.5 Å². The average molecular weight is 351 g/mol. The fourth-order valence-electron chi connectivity index (χ4n) is 3.79. The molecular weight excluding hydrogens is 324 g/mol. The van der Waals surface area contributed by atoms with Gasteiger partial charge in [-0.15, -0.1) is 0 Å². The molecule has 4 nitrogen and oxygen atoms in total. The highest BCUT2D eigenvalue weighted by Crippen LogP contribution is 2.31. The summed E-state index contributed by atoms with van der Waals surface area (Å²) in [6.45, 7) is 2.01. The summed E-state index contributed by atoms with van der Waals surface area (Å²) in [5.41, 5.74) is 1.41. The van der Waals surface area contributed by atoms with Crippen LogP contribution < -0.4 is 5.32 Å². The summed E-state index contributed by atoms with van der Waals surface area (Å²) in [6, 6.07) is 1.21. The number of thioether (sulfide) groups is 2. The van der Waals surface area contributed by atoms with Crippen LogP contribution in [0.25, 0.3) is 0 Å². The summed E-state index contributed by atoms with van der Waals surface area (Å²) in [4.78, 5) is 12.0. The quantitative estimate of drug-likeness (QED) is 0.618. The van der Waals surface area contributed by atoms with Crippen molar-refractivity contribution in [2.75, 3.05) is 18.8 Å². The van der Waals surface area contributed by atoms with E-state index in [1.54, 1.807) is 11.8 Å². The SMILES string of the molecule is C1=C(CSC(=NC2CCCC2)NC2CCCC2)N2CCN=C2S1. The third-order valence-electron chi connectivity index (χ3n) is 5.11. The molecule has 0 bridgehead atoms. The van der Waals surface area contributed by atoms with Crippen molar-refractivity contribution >= 4 is 33.9 Å². The smallest absolute Gasteiger partial charge is 0.167 e. The summed E-state index contributed by atoms with van der Waals surface area (Å²) in [7, 11) is 0. The molecule has 1 N–H and O–H groups in total. The van der Waals surface area contributed by atoms with Gasteiger partial charge in [0.05, 0.1) is 12.6 Å². The van der Waals surface area contributed by atoms with E-state index in [9.17, 15) is 0 Å². The van der Waals surface area contributed by atoms with Crippen molar-refractivity contribution in [1.82, 2.24) is 10.2 Å². The third kappa shape index (κ3) is 3.90. The van der Waals surface area contributed by atoms with E-state index in [-0.39, 0.29) is 0 Å². The van der Waals surface area contributed by atoms with Gasteiger partial charge in [0.15, 0.2) is 10.3 Å². The maximum atomic E-state index is 5.07. The molecule has 2 saturated carbocycles. The number of nitrogens with zero attached hydrogens (tertiary/aromatic N) is 3. The molecule has 0 unspecified atom stereocenters. The van der Waals surface area contributed by atoms with Crippen molar-refractivity contribution in [2.24, 2.45) is 9.98 Å². The Balaban J connectivity index is 1.37. The minimum absolute atomic E-state index is 0.558. The lowest BCUT2D eigenvalue weighted by Gasteiger charge is -2.20. The number of amidine groups is 2. The van der Waals surface area contributed by atoms with Crippen LogP contribution in [0.2, 0.25) is 0 Å². The van der Waals surface area contributed by atoms with Crippen LogP contribution in [0.15, 0.2) is 21.1 Å². The second kappa shape index (κ2) is 7.51. The van der Waals surface area contributed by atoms with Gasteiger partial charge in [0.1, 0.15) is 0 Å². The molecule has 0 radical (unpaired) electrons. The maximum absolute atomic E-state index is 5.07. The summed E-state index contributed by atoms with van der Waals surface area (Å²) in [5, 5.41) is 8.42. The number of nitrogens with one attached hydrogen (secondary N) is 1. The van der Waals surface area contributed by atoms with Crippen molar-refractivity contribution < 1.29 is 0 Å². The first-order valence-electron chi connectivity index (χ1n) is 9.03. The van der Waals surface area contributed by atoms with E-state index in [0.29, 0.717) is 12.1 Å². The van der Waals surface area contributed by atoms with Crippen molar-refractivity contribution in [3.63, 3.8) is 0 Å². The Labute approximate surface area is 147 Å². The molecule has 0 atom stereocenters. The maximum Gasteiger partial charge on any atom is 0.167 e. The molecule has 0 amide bonds. The lowest BCUT2D eigenvalue weighted by atomic mass is 10.2. The van der Waals surface area contributed by atoms with Crippen molar-refractivity contribution in [1.29, 1.82) is 0 Å². The van der Waals surface area contributed by atoms with Crippen LogP contribution in [0.3, 0.4) is 0 Å². The van der Waals surface area contributed by atoms with Gasteiger partial charge in [-0.3, -0.25) is 9.98 Å². The van der Waals surface area contributed by atoms with E-state index < -0.39 is 0 Å². The summed E-state index contributed by atoms with van der Waals surface area (Å²) < 4.78 is 0. The molecule has 2 aliphatic heterocycles. The second-order valence-electron chi connectivity index (χ2n) is 6.83. The fourth-order valence-corrected chi connectivity index (χ4v) is 5.85. The van der Waals surface area contributed by atoms with Gasteiger partial charge < -0.3 is 10.2 Å². The predicted molar refractivity (Wildman–Crippen MR) is 102 cm³/mol. The van der Waals surface area contributed by atoms with Crippen LogP contribution in [0.1, 0.15) is 51.4 Å². The van der Waals surface area contributed by atoms with Crippen molar-refractivity contribution in [3.05, 3.63) is 11.1 Å². The fraction of sp³-hybridized carbons (Fsp3) is 0.765. The molecule has 0 saturated heterocycles. The van der Waals surface area contributed by atoms with E-state index in [1.165, 1.54) is 67.4 Å². The Hall–Kier alpha value is -0.620. The largest absolute Gasteiger partial charge is 0.362 e. The van der Waals surface area contributed by atoms with Gasteiger partial charge in [0.2, 0.25) is 0 Å². The van der Waals surface area contributed by atoms with E-state index >= 15 is 0 Å². The molecule has 0 aromatic heterocycles. The normalized spacial score (nSPS) is 25.9. The predicted octanol–water partition coefficient (Wildman–Crippen LogP) is 3.81. The number of rotatable bonds is 4. The Bertz CT molecular complexity index is 517. The first-order valence-corrected chi connectivity index (χ1v) is 10.9. The number of hydrogen-bond acceptors (Lipinski definition) is 5. The molecule has 6 heteroatoms. The van der Waals surface area contributed by atoms with Gasteiger partial charge in [-0.2, -0.15) is 0 Å². The molecule has 4 aliphatic rings. The van der Waals surface area contributed by atoms with Crippen LogP contribution in [0.5, 0.6) is 0 Å².